The van der Waals surface area contributed by atoms with Gasteiger partial charge in [-0.1, -0.05) is 15.9 Å². The van der Waals surface area contributed by atoms with Crippen LogP contribution in [0.25, 0.3) is 0 Å². The zero-order chi connectivity index (χ0) is 13.0. The fourth-order valence-corrected chi connectivity index (χ4v) is 1.93. The summed E-state index contributed by atoms with van der Waals surface area (Å²) in [4.78, 5) is 10.5. The van der Waals surface area contributed by atoms with Crippen molar-refractivity contribution < 1.29 is 14.6 Å². The third-order valence-electron chi connectivity index (χ3n) is 2.58. The highest BCUT2D eigenvalue weighted by molar-refractivity contribution is 9.10. The van der Waals surface area contributed by atoms with Crippen molar-refractivity contribution in [3.63, 3.8) is 0 Å². The van der Waals surface area contributed by atoms with Gasteiger partial charge < -0.3 is 15.6 Å². The molecule has 5 heteroatoms. The van der Waals surface area contributed by atoms with E-state index in [2.05, 4.69) is 15.9 Å². The lowest BCUT2D eigenvalue weighted by atomic mass is 10.0. The second-order valence-corrected chi connectivity index (χ2v) is 4.74. The molecule has 0 bridgehead atoms. The molecule has 0 aliphatic rings. The Morgan fingerprint density at radius 2 is 2.24 bits per heavy atom. The molecular weight excluding hydrogens is 286 g/mol. The lowest BCUT2D eigenvalue weighted by molar-refractivity contribution is -0.137. The van der Waals surface area contributed by atoms with E-state index in [1.807, 2.05) is 19.1 Å². The first-order chi connectivity index (χ1) is 7.95. The Kier molecular flexibility index (Phi) is 4.96. The van der Waals surface area contributed by atoms with Gasteiger partial charge >= 0.3 is 5.97 Å². The summed E-state index contributed by atoms with van der Waals surface area (Å²) in [5, 5.41) is 8.64. The van der Waals surface area contributed by atoms with Crippen LogP contribution in [-0.2, 0) is 4.79 Å². The molecule has 1 rings (SSSR count). The Morgan fingerprint density at radius 3 is 2.76 bits per heavy atom. The molecule has 94 valence electrons. The van der Waals surface area contributed by atoms with Crippen molar-refractivity contribution in [1.82, 2.24) is 0 Å². The fourth-order valence-electron chi connectivity index (χ4n) is 1.57. The number of carboxylic acids is 1. The molecule has 0 saturated heterocycles. The van der Waals surface area contributed by atoms with E-state index < -0.39 is 5.97 Å². The summed E-state index contributed by atoms with van der Waals surface area (Å²) < 4.78 is 6.20. The molecule has 4 nitrogen and oxygen atoms in total. The summed E-state index contributed by atoms with van der Waals surface area (Å²) in [5.41, 5.74) is 7.85. The number of rotatable bonds is 5. The number of benzene rings is 1. The van der Waals surface area contributed by atoms with Crippen LogP contribution in [0.15, 0.2) is 16.6 Å². The second kappa shape index (κ2) is 6.02. The van der Waals surface area contributed by atoms with Crippen molar-refractivity contribution in [2.75, 3.05) is 7.11 Å². The smallest absolute Gasteiger partial charge is 0.303 e. The van der Waals surface area contributed by atoms with Gasteiger partial charge in [0, 0.05) is 22.5 Å². The predicted molar refractivity (Wildman–Crippen MR) is 69.2 cm³/mol. The average Bonchev–Trinajstić information content (AvgIpc) is 2.28. The molecule has 3 N–H and O–H groups in total. The monoisotopic (exact) mass is 301 g/mol. The predicted octanol–water partition coefficient (Wildman–Crippen LogP) is 2.63. The molecule has 0 heterocycles. The van der Waals surface area contributed by atoms with Crippen LogP contribution < -0.4 is 10.5 Å². The number of hydrogen-bond donors (Lipinski definition) is 2. The number of ether oxygens (including phenoxy) is 1. The molecule has 17 heavy (non-hydrogen) atoms. The average molecular weight is 302 g/mol. The highest BCUT2D eigenvalue weighted by atomic mass is 79.9. The van der Waals surface area contributed by atoms with Crippen molar-refractivity contribution in [3.05, 3.63) is 27.7 Å². The van der Waals surface area contributed by atoms with Crippen molar-refractivity contribution in [3.8, 4) is 5.75 Å². The Morgan fingerprint density at radius 1 is 1.59 bits per heavy atom. The number of carboxylic acid groups (broad SMARTS) is 1. The number of aryl methyl sites for hydroxylation is 1. The number of hydrogen-bond acceptors (Lipinski definition) is 3. The first kappa shape index (κ1) is 14.0. The molecule has 1 aromatic rings. The molecule has 0 saturated carbocycles. The van der Waals surface area contributed by atoms with Crippen LogP contribution in [0.3, 0.4) is 0 Å². The highest BCUT2D eigenvalue weighted by Crippen LogP contribution is 2.31. The van der Waals surface area contributed by atoms with Gasteiger partial charge in [-0.2, -0.15) is 0 Å². The van der Waals surface area contributed by atoms with Gasteiger partial charge in [-0.25, -0.2) is 0 Å². The zero-order valence-electron chi connectivity index (χ0n) is 9.87. The van der Waals surface area contributed by atoms with Gasteiger partial charge in [0.1, 0.15) is 5.75 Å². The van der Waals surface area contributed by atoms with E-state index in [4.69, 9.17) is 15.6 Å². The standard InChI is InChI=1S/C12H16BrNO3/c1-7-5-11(17-2)8(6-9(7)13)10(14)3-4-12(15)16/h5-6,10H,3-4,14H2,1-2H3,(H,15,16). The van der Waals surface area contributed by atoms with Gasteiger partial charge in [-0.3, -0.25) is 4.79 Å². The normalized spacial score (nSPS) is 12.2. The third-order valence-corrected chi connectivity index (χ3v) is 3.43. The van der Waals surface area contributed by atoms with E-state index >= 15 is 0 Å². The van der Waals surface area contributed by atoms with Crippen LogP contribution >= 0.6 is 15.9 Å². The molecule has 0 aliphatic heterocycles. The van der Waals surface area contributed by atoms with Crippen molar-refractivity contribution in [1.29, 1.82) is 0 Å². The number of carbonyl (C=O) groups is 1. The summed E-state index contributed by atoms with van der Waals surface area (Å²) in [6.07, 6.45) is 0.441. The minimum absolute atomic E-state index is 0.0514. The number of aliphatic carboxylic acids is 1. The van der Waals surface area contributed by atoms with Crippen LogP contribution in [0.1, 0.15) is 30.0 Å². The lowest BCUT2D eigenvalue weighted by Gasteiger charge is -2.16. The molecule has 1 aromatic carbocycles. The largest absolute Gasteiger partial charge is 0.496 e. The fraction of sp³-hybridized carbons (Fsp3) is 0.417. The van der Waals surface area contributed by atoms with Gasteiger partial charge in [0.2, 0.25) is 0 Å². The summed E-state index contributed by atoms with van der Waals surface area (Å²) in [6.45, 7) is 1.96. The van der Waals surface area contributed by atoms with E-state index in [-0.39, 0.29) is 12.5 Å². The molecule has 1 atom stereocenters. The Labute approximate surface area is 109 Å². The van der Waals surface area contributed by atoms with Crippen LogP contribution in [0, 0.1) is 6.92 Å². The Hall–Kier alpha value is -1.07. The van der Waals surface area contributed by atoms with Crippen LogP contribution in [-0.4, -0.2) is 18.2 Å². The maximum absolute atomic E-state index is 10.5. The van der Waals surface area contributed by atoms with Crippen molar-refractivity contribution in [2.24, 2.45) is 5.73 Å². The van der Waals surface area contributed by atoms with Gasteiger partial charge in [0.25, 0.3) is 0 Å². The van der Waals surface area contributed by atoms with Crippen LogP contribution in [0.2, 0.25) is 0 Å². The van der Waals surface area contributed by atoms with E-state index in [0.717, 1.165) is 15.6 Å². The van der Waals surface area contributed by atoms with Gasteiger partial charge in [0.15, 0.2) is 0 Å². The number of halogens is 1. The van der Waals surface area contributed by atoms with Crippen molar-refractivity contribution in [2.45, 2.75) is 25.8 Å². The summed E-state index contributed by atoms with van der Waals surface area (Å²) >= 11 is 3.43. The van der Waals surface area contributed by atoms with Gasteiger partial charge in [-0.15, -0.1) is 0 Å². The van der Waals surface area contributed by atoms with Gasteiger partial charge in [-0.05, 0) is 31.0 Å². The minimum atomic E-state index is -0.842. The van der Waals surface area contributed by atoms with Crippen LogP contribution in [0.5, 0.6) is 5.75 Å². The van der Waals surface area contributed by atoms with Gasteiger partial charge in [0.05, 0.1) is 7.11 Å². The van der Waals surface area contributed by atoms with E-state index in [0.29, 0.717) is 12.2 Å². The van der Waals surface area contributed by atoms with E-state index in [1.165, 1.54) is 0 Å². The first-order valence-electron chi connectivity index (χ1n) is 5.27. The third kappa shape index (κ3) is 3.71. The van der Waals surface area contributed by atoms with E-state index in [9.17, 15) is 4.79 Å². The minimum Gasteiger partial charge on any atom is -0.496 e. The topological polar surface area (TPSA) is 72.5 Å². The molecule has 0 radical (unpaired) electrons. The van der Waals surface area contributed by atoms with Crippen molar-refractivity contribution >= 4 is 21.9 Å². The van der Waals surface area contributed by atoms with E-state index in [1.54, 1.807) is 7.11 Å². The summed E-state index contributed by atoms with van der Waals surface area (Å²) in [5.74, 6) is -0.144. The maximum Gasteiger partial charge on any atom is 0.303 e. The molecule has 0 spiro atoms. The highest BCUT2D eigenvalue weighted by Gasteiger charge is 2.15. The molecule has 0 aromatic heterocycles. The summed E-state index contributed by atoms with van der Waals surface area (Å²) in [6, 6.07) is 3.44. The molecule has 0 aliphatic carbocycles. The molecular formula is C12H16BrNO3. The quantitative estimate of drug-likeness (QED) is 0.877. The Balaban J connectivity index is 2.95. The lowest BCUT2D eigenvalue weighted by Crippen LogP contribution is -2.13. The molecule has 0 amide bonds. The van der Waals surface area contributed by atoms with Crippen LogP contribution in [0.4, 0.5) is 0 Å². The molecule has 0 fully saturated rings. The first-order valence-corrected chi connectivity index (χ1v) is 6.06. The molecule has 1 unspecified atom stereocenters. The number of methoxy groups -OCH3 is 1. The Bertz CT molecular complexity index is 420. The summed E-state index contributed by atoms with van der Waals surface area (Å²) in [7, 11) is 1.58. The second-order valence-electron chi connectivity index (χ2n) is 3.88. The number of nitrogens with two attached hydrogens (primary N) is 1. The SMILES string of the molecule is COc1cc(C)c(Br)cc1C(N)CCC(=O)O. The maximum atomic E-state index is 10.5. The zero-order valence-corrected chi connectivity index (χ0v) is 11.5.